The van der Waals surface area contributed by atoms with Crippen molar-refractivity contribution in [2.24, 2.45) is 17.8 Å². The van der Waals surface area contributed by atoms with Gasteiger partial charge in [-0.25, -0.2) is 0 Å². The van der Waals surface area contributed by atoms with E-state index in [4.69, 9.17) is 4.74 Å². The number of nitrogens with one attached hydrogen (secondary N) is 1. The maximum atomic E-state index is 5.32. The highest BCUT2D eigenvalue weighted by molar-refractivity contribution is 4.68. The van der Waals surface area contributed by atoms with E-state index in [2.05, 4.69) is 26.1 Å². The molecule has 1 saturated heterocycles. The molecule has 1 aliphatic heterocycles. The van der Waals surface area contributed by atoms with Crippen LogP contribution in [-0.2, 0) is 4.74 Å². The predicted molar refractivity (Wildman–Crippen MR) is 55.8 cm³/mol. The Kier molecular flexibility index (Phi) is 4.74. The van der Waals surface area contributed by atoms with Crippen LogP contribution in [0, 0.1) is 17.8 Å². The lowest BCUT2D eigenvalue weighted by Gasteiger charge is -2.17. The Labute approximate surface area is 82.0 Å². The number of rotatable bonds is 5. The second kappa shape index (κ2) is 5.61. The third-order valence-electron chi connectivity index (χ3n) is 3.06. The lowest BCUT2D eigenvalue weighted by atomic mass is 9.98. The van der Waals surface area contributed by atoms with Crippen LogP contribution in [-0.4, -0.2) is 26.3 Å². The molecule has 2 heteroatoms. The molecule has 1 rings (SSSR count). The monoisotopic (exact) mass is 185 g/mol. The van der Waals surface area contributed by atoms with Gasteiger partial charge in [0.2, 0.25) is 0 Å². The van der Waals surface area contributed by atoms with Gasteiger partial charge in [0.25, 0.3) is 0 Å². The van der Waals surface area contributed by atoms with Crippen LogP contribution >= 0.6 is 0 Å². The lowest BCUT2D eigenvalue weighted by molar-refractivity contribution is 0.185. The van der Waals surface area contributed by atoms with Crippen LogP contribution in [0.2, 0.25) is 0 Å². The normalized spacial score (nSPS) is 25.4. The first kappa shape index (κ1) is 11.0. The van der Waals surface area contributed by atoms with Crippen molar-refractivity contribution in [1.29, 1.82) is 0 Å². The highest BCUT2D eigenvalue weighted by Crippen LogP contribution is 2.12. The van der Waals surface area contributed by atoms with Gasteiger partial charge in [0.15, 0.2) is 0 Å². The third-order valence-corrected chi connectivity index (χ3v) is 3.06. The molecule has 0 aromatic carbocycles. The predicted octanol–water partition coefficient (Wildman–Crippen LogP) is 1.90. The van der Waals surface area contributed by atoms with Gasteiger partial charge in [-0.3, -0.25) is 0 Å². The van der Waals surface area contributed by atoms with Gasteiger partial charge in [0.05, 0.1) is 6.61 Å². The summed E-state index contributed by atoms with van der Waals surface area (Å²) in [5.41, 5.74) is 0. The minimum Gasteiger partial charge on any atom is -0.381 e. The van der Waals surface area contributed by atoms with Crippen molar-refractivity contribution in [2.45, 2.75) is 27.2 Å². The summed E-state index contributed by atoms with van der Waals surface area (Å²) in [7, 11) is 0. The van der Waals surface area contributed by atoms with E-state index in [9.17, 15) is 0 Å². The summed E-state index contributed by atoms with van der Waals surface area (Å²) >= 11 is 0. The first-order chi connectivity index (χ1) is 6.20. The fourth-order valence-electron chi connectivity index (χ4n) is 1.50. The summed E-state index contributed by atoms with van der Waals surface area (Å²) in [4.78, 5) is 0. The molecular formula is C11H23NO. The Bertz CT molecular complexity index is 128. The van der Waals surface area contributed by atoms with Crippen LogP contribution in [0.4, 0.5) is 0 Å². The molecule has 1 N–H and O–H groups in total. The minimum absolute atomic E-state index is 0.763. The summed E-state index contributed by atoms with van der Waals surface area (Å²) in [6.45, 7) is 11.1. The topological polar surface area (TPSA) is 21.3 Å². The summed E-state index contributed by atoms with van der Waals surface area (Å²) in [5.74, 6) is 2.33. The van der Waals surface area contributed by atoms with E-state index in [1.807, 2.05) is 0 Å². The summed E-state index contributed by atoms with van der Waals surface area (Å²) in [5, 5.41) is 3.53. The molecule has 1 fully saturated rings. The molecule has 1 heterocycles. The van der Waals surface area contributed by atoms with E-state index in [1.165, 1.54) is 6.42 Å². The highest BCUT2D eigenvalue weighted by atomic mass is 16.5. The Hall–Kier alpha value is -0.0800. The van der Waals surface area contributed by atoms with Crippen molar-refractivity contribution >= 4 is 0 Å². The average molecular weight is 185 g/mol. The zero-order chi connectivity index (χ0) is 9.68. The second-order valence-electron chi connectivity index (χ2n) is 4.61. The van der Waals surface area contributed by atoms with E-state index >= 15 is 0 Å². The summed E-state index contributed by atoms with van der Waals surface area (Å²) in [6, 6.07) is 0. The maximum absolute atomic E-state index is 5.32. The molecule has 2 unspecified atom stereocenters. The SMILES string of the molecule is CC(C)C(C)CNCC1CCOC1. The molecule has 1 aliphatic rings. The van der Waals surface area contributed by atoms with E-state index in [0.717, 1.165) is 44.1 Å². The Morgan fingerprint density at radius 2 is 2.15 bits per heavy atom. The fraction of sp³-hybridized carbons (Fsp3) is 1.00. The average Bonchev–Trinajstić information content (AvgIpc) is 2.56. The van der Waals surface area contributed by atoms with Crippen molar-refractivity contribution in [3.05, 3.63) is 0 Å². The molecule has 0 amide bonds. The molecule has 0 aromatic rings. The van der Waals surface area contributed by atoms with Gasteiger partial charge >= 0.3 is 0 Å². The van der Waals surface area contributed by atoms with Crippen LogP contribution in [0.3, 0.4) is 0 Å². The first-order valence-corrected chi connectivity index (χ1v) is 5.48. The van der Waals surface area contributed by atoms with Crippen molar-refractivity contribution in [2.75, 3.05) is 26.3 Å². The number of hydrogen-bond acceptors (Lipinski definition) is 2. The molecule has 0 spiro atoms. The van der Waals surface area contributed by atoms with Crippen LogP contribution in [0.1, 0.15) is 27.2 Å². The zero-order valence-electron chi connectivity index (χ0n) is 9.18. The zero-order valence-corrected chi connectivity index (χ0v) is 9.18. The van der Waals surface area contributed by atoms with Crippen molar-refractivity contribution in [1.82, 2.24) is 5.32 Å². The molecular weight excluding hydrogens is 162 g/mol. The molecule has 0 radical (unpaired) electrons. The number of ether oxygens (including phenoxy) is 1. The van der Waals surface area contributed by atoms with Crippen molar-refractivity contribution < 1.29 is 4.74 Å². The van der Waals surface area contributed by atoms with E-state index in [1.54, 1.807) is 0 Å². The Morgan fingerprint density at radius 3 is 2.69 bits per heavy atom. The molecule has 0 bridgehead atoms. The van der Waals surface area contributed by atoms with Crippen LogP contribution in [0.5, 0.6) is 0 Å². The van der Waals surface area contributed by atoms with Crippen molar-refractivity contribution in [3.63, 3.8) is 0 Å². The Balaban J connectivity index is 1.99. The number of hydrogen-bond donors (Lipinski definition) is 1. The van der Waals surface area contributed by atoms with Crippen molar-refractivity contribution in [3.8, 4) is 0 Å². The molecule has 2 nitrogen and oxygen atoms in total. The van der Waals surface area contributed by atoms with Gasteiger partial charge in [-0.2, -0.15) is 0 Å². The molecule has 78 valence electrons. The van der Waals surface area contributed by atoms with Gasteiger partial charge in [0.1, 0.15) is 0 Å². The first-order valence-electron chi connectivity index (χ1n) is 5.48. The molecule has 0 aromatic heterocycles. The van der Waals surface area contributed by atoms with Crippen LogP contribution < -0.4 is 5.32 Å². The third kappa shape index (κ3) is 4.10. The standard InChI is InChI=1S/C11H23NO/c1-9(2)10(3)6-12-7-11-4-5-13-8-11/h9-12H,4-8H2,1-3H3. The van der Waals surface area contributed by atoms with Crippen LogP contribution in [0.15, 0.2) is 0 Å². The quantitative estimate of drug-likeness (QED) is 0.706. The molecule has 0 aliphatic carbocycles. The second-order valence-corrected chi connectivity index (χ2v) is 4.61. The fourth-order valence-corrected chi connectivity index (χ4v) is 1.50. The highest BCUT2D eigenvalue weighted by Gasteiger charge is 2.15. The largest absolute Gasteiger partial charge is 0.381 e. The maximum Gasteiger partial charge on any atom is 0.0507 e. The van der Waals surface area contributed by atoms with Gasteiger partial charge in [-0.1, -0.05) is 20.8 Å². The van der Waals surface area contributed by atoms with Gasteiger partial charge in [0, 0.05) is 13.2 Å². The van der Waals surface area contributed by atoms with E-state index in [0.29, 0.717) is 0 Å². The smallest absolute Gasteiger partial charge is 0.0507 e. The summed E-state index contributed by atoms with van der Waals surface area (Å²) in [6.07, 6.45) is 1.24. The van der Waals surface area contributed by atoms with E-state index in [-0.39, 0.29) is 0 Å². The Morgan fingerprint density at radius 1 is 1.38 bits per heavy atom. The summed E-state index contributed by atoms with van der Waals surface area (Å²) < 4.78 is 5.32. The molecule has 13 heavy (non-hydrogen) atoms. The molecule has 2 atom stereocenters. The van der Waals surface area contributed by atoms with Gasteiger partial charge in [-0.15, -0.1) is 0 Å². The minimum atomic E-state index is 0.763. The van der Waals surface area contributed by atoms with Gasteiger partial charge < -0.3 is 10.1 Å². The molecule has 0 saturated carbocycles. The lowest BCUT2D eigenvalue weighted by Crippen LogP contribution is -2.29. The van der Waals surface area contributed by atoms with Gasteiger partial charge in [-0.05, 0) is 30.7 Å². The van der Waals surface area contributed by atoms with Crippen LogP contribution in [0.25, 0.3) is 0 Å². The van der Waals surface area contributed by atoms with E-state index < -0.39 is 0 Å².